The van der Waals surface area contributed by atoms with Crippen molar-refractivity contribution >= 4 is 6.72 Å². The largest absolute Gasteiger partial charge is 0.269 e. The minimum atomic E-state index is 0.615. The Morgan fingerprint density at radius 1 is 1.42 bits per heavy atom. The monoisotopic (exact) mass is 165 g/mol. The highest BCUT2D eigenvalue weighted by molar-refractivity contribution is 5.30. The second kappa shape index (κ2) is 5.76. The topological polar surface area (TPSA) is 12.4 Å². The number of nitrogens with zero attached hydrogens (tertiary/aromatic N) is 1. The maximum Gasteiger partial charge on any atom is 0.0393 e. The lowest BCUT2D eigenvalue weighted by Gasteiger charge is -2.02. The normalized spacial score (nSPS) is 13.8. The van der Waals surface area contributed by atoms with Crippen LogP contribution in [0.4, 0.5) is 0 Å². The van der Waals surface area contributed by atoms with Gasteiger partial charge in [-0.05, 0) is 32.1 Å². The van der Waals surface area contributed by atoms with Crippen molar-refractivity contribution < 1.29 is 0 Å². The van der Waals surface area contributed by atoms with E-state index in [0.717, 1.165) is 12.1 Å². The number of rotatable bonds is 4. The first kappa shape index (κ1) is 11.2. The van der Waals surface area contributed by atoms with E-state index in [0.29, 0.717) is 5.92 Å². The van der Waals surface area contributed by atoms with Crippen molar-refractivity contribution in [2.24, 2.45) is 10.9 Å². The lowest BCUT2D eigenvalue weighted by atomic mass is 10.1. The van der Waals surface area contributed by atoms with Gasteiger partial charge in [-0.1, -0.05) is 32.4 Å². The Labute approximate surface area is 75.9 Å². The van der Waals surface area contributed by atoms with Gasteiger partial charge in [-0.15, -0.1) is 0 Å². The number of hydrogen-bond acceptors (Lipinski definition) is 1. The maximum absolute atomic E-state index is 3.90. The highest BCUT2D eigenvalue weighted by Crippen LogP contribution is 2.09. The van der Waals surface area contributed by atoms with Crippen LogP contribution in [-0.4, -0.2) is 6.72 Å². The van der Waals surface area contributed by atoms with Gasteiger partial charge in [0, 0.05) is 5.70 Å². The van der Waals surface area contributed by atoms with Gasteiger partial charge in [0.25, 0.3) is 0 Å². The molecule has 0 spiro atoms. The summed E-state index contributed by atoms with van der Waals surface area (Å²) in [5, 5.41) is 0. The first-order valence-corrected chi connectivity index (χ1v) is 4.45. The Morgan fingerprint density at radius 3 is 2.33 bits per heavy atom. The second-order valence-electron chi connectivity index (χ2n) is 3.24. The average molecular weight is 165 g/mol. The molecule has 1 nitrogen and oxygen atoms in total. The quantitative estimate of drug-likeness (QED) is 0.446. The molecule has 0 aliphatic heterocycles. The molecule has 0 radical (unpaired) electrons. The fourth-order valence-corrected chi connectivity index (χ4v) is 0.702. The van der Waals surface area contributed by atoms with Gasteiger partial charge < -0.3 is 0 Å². The average Bonchev–Trinajstić information content (AvgIpc) is 2.05. The van der Waals surface area contributed by atoms with Crippen LogP contribution in [0.1, 0.15) is 34.1 Å². The van der Waals surface area contributed by atoms with Crippen molar-refractivity contribution in [3.05, 3.63) is 23.4 Å². The van der Waals surface area contributed by atoms with Crippen LogP contribution in [0.25, 0.3) is 0 Å². The molecule has 0 aromatic heterocycles. The molecule has 0 fully saturated rings. The molecule has 12 heavy (non-hydrogen) atoms. The van der Waals surface area contributed by atoms with E-state index in [1.807, 2.05) is 6.08 Å². The molecular formula is C11H19N. The Bertz CT molecular complexity index is 197. The standard InChI is InChI=1S/C11H19N/c1-6-11(12-5)8-7-10(4)9(2)3/h7-9H,5-6H2,1-4H3/b10-7+,11-8-. The van der Waals surface area contributed by atoms with E-state index in [1.54, 1.807) is 0 Å². The van der Waals surface area contributed by atoms with Crippen molar-refractivity contribution in [1.29, 1.82) is 0 Å². The predicted octanol–water partition coefficient (Wildman–Crippen LogP) is 3.58. The molecule has 68 valence electrons. The van der Waals surface area contributed by atoms with Gasteiger partial charge in [-0.2, -0.15) is 0 Å². The lowest BCUT2D eigenvalue weighted by Crippen LogP contribution is -1.87. The summed E-state index contributed by atoms with van der Waals surface area (Å²) in [5.74, 6) is 0.615. The van der Waals surface area contributed by atoms with Crippen LogP contribution in [0.5, 0.6) is 0 Å². The van der Waals surface area contributed by atoms with Crippen molar-refractivity contribution in [2.75, 3.05) is 0 Å². The number of aliphatic imine (C=N–C) groups is 1. The molecule has 0 atom stereocenters. The first-order chi connectivity index (χ1) is 5.61. The van der Waals surface area contributed by atoms with Crippen molar-refractivity contribution in [2.45, 2.75) is 34.1 Å². The Morgan fingerprint density at radius 2 is 2.00 bits per heavy atom. The summed E-state index contributed by atoms with van der Waals surface area (Å²) < 4.78 is 0. The van der Waals surface area contributed by atoms with E-state index in [-0.39, 0.29) is 0 Å². The van der Waals surface area contributed by atoms with Crippen LogP contribution < -0.4 is 0 Å². The smallest absolute Gasteiger partial charge is 0.0393 e. The summed E-state index contributed by atoms with van der Waals surface area (Å²) in [6.07, 6.45) is 5.12. The highest BCUT2D eigenvalue weighted by Gasteiger charge is 1.93. The Hall–Kier alpha value is -0.850. The minimum absolute atomic E-state index is 0.615. The fourth-order valence-electron chi connectivity index (χ4n) is 0.702. The molecule has 0 aromatic carbocycles. The van der Waals surface area contributed by atoms with Gasteiger partial charge in [0.2, 0.25) is 0 Å². The molecule has 0 rings (SSSR count). The molecule has 0 N–H and O–H groups in total. The van der Waals surface area contributed by atoms with Gasteiger partial charge in [0.05, 0.1) is 0 Å². The minimum Gasteiger partial charge on any atom is -0.269 e. The summed E-state index contributed by atoms with van der Waals surface area (Å²) >= 11 is 0. The van der Waals surface area contributed by atoms with Crippen LogP contribution in [0, 0.1) is 5.92 Å². The van der Waals surface area contributed by atoms with Crippen LogP contribution in [0.15, 0.2) is 28.4 Å². The van der Waals surface area contributed by atoms with E-state index >= 15 is 0 Å². The summed E-state index contributed by atoms with van der Waals surface area (Å²) in [6.45, 7) is 12.1. The van der Waals surface area contributed by atoms with E-state index in [4.69, 9.17) is 0 Å². The fraction of sp³-hybridized carbons (Fsp3) is 0.545. The van der Waals surface area contributed by atoms with Crippen LogP contribution >= 0.6 is 0 Å². The third-order valence-corrected chi connectivity index (χ3v) is 2.01. The molecule has 0 bridgehead atoms. The Kier molecular flexibility index (Phi) is 5.35. The van der Waals surface area contributed by atoms with E-state index in [2.05, 4.69) is 45.5 Å². The lowest BCUT2D eigenvalue weighted by molar-refractivity contribution is 0.769. The van der Waals surface area contributed by atoms with Gasteiger partial charge in [-0.25, -0.2) is 0 Å². The summed E-state index contributed by atoms with van der Waals surface area (Å²) in [6, 6.07) is 0. The molecule has 0 aliphatic carbocycles. The van der Waals surface area contributed by atoms with Crippen LogP contribution in [0.3, 0.4) is 0 Å². The molecular weight excluding hydrogens is 146 g/mol. The highest BCUT2D eigenvalue weighted by atomic mass is 14.7. The molecule has 0 aromatic rings. The molecule has 1 heteroatoms. The zero-order chi connectivity index (χ0) is 9.56. The zero-order valence-electron chi connectivity index (χ0n) is 8.59. The van der Waals surface area contributed by atoms with Gasteiger partial charge in [-0.3, -0.25) is 4.99 Å². The SMILES string of the molecule is C=N/C(=C\C=C(/C)C(C)C)CC. The predicted molar refractivity (Wildman–Crippen MR) is 56.5 cm³/mol. The number of hydrogen-bond donors (Lipinski definition) is 0. The van der Waals surface area contributed by atoms with Crippen LogP contribution in [-0.2, 0) is 0 Å². The molecule has 0 saturated carbocycles. The molecule has 0 aliphatic rings. The number of allylic oxidation sites excluding steroid dienone is 4. The summed E-state index contributed by atoms with van der Waals surface area (Å²) in [7, 11) is 0. The molecule has 0 unspecified atom stereocenters. The van der Waals surface area contributed by atoms with E-state index in [1.165, 1.54) is 5.57 Å². The zero-order valence-corrected chi connectivity index (χ0v) is 8.59. The third-order valence-electron chi connectivity index (χ3n) is 2.01. The van der Waals surface area contributed by atoms with Crippen molar-refractivity contribution in [3.8, 4) is 0 Å². The Balaban J connectivity index is 4.34. The second-order valence-corrected chi connectivity index (χ2v) is 3.24. The van der Waals surface area contributed by atoms with E-state index < -0.39 is 0 Å². The van der Waals surface area contributed by atoms with Gasteiger partial charge in [0.1, 0.15) is 0 Å². The third kappa shape index (κ3) is 4.12. The molecule has 0 amide bonds. The molecule has 0 saturated heterocycles. The summed E-state index contributed by atoms with van der Waals surface area (Å²) in [5.41, 5.74) is 2.43. The van der Waals surface area contributed by atoms with Gasteiger partial charge >= 0.3 is 0 Å². The van der Waals surface area contributed by atoms with Crippen molar-refractivity contribution in [3.63, 3.8) is 0 Å². The van der Waals surface area contributed by atoms with Crippen molar-refractivity contribution in [1.82, 2.24) is 0 Å². The maximum atomic E-state index is 3.90. The first-order valence-electron chi connectivity index (χ1n) is 4.45. The van der Waals surface area contributed by atoms with Crippen LogP contribution in [0.2, 0.25) is 0 Å². The molecule has 0 heterocycles. The van der Waals surface area contributed by atoms with Gasteiger partial charge in [0.15, 0.2) is 0 Å². The summed E-state index contributed by atoms with van der Waals surface area (Å²) in [4.78, 5) is 3.90. The van der Waals surface area contributed by atoms with E-state index in [9.17, 15) is 0 Å².